The van der Waals surface area contributed by atoms with Crippen molar-refractivity contribution < 1.29 is 0 Å². The van der Waals surface area contributed by atoms with E-state index in [1.165, 1.54) is 24.4 Å². The third-order valence-electron chi connectivity index (χ3n) is 2.73. The lowest BCUT2D eigenvalue weighted by Crippen LogP contribution is -2.17. The van der Waals surface area contributed by atoms with Crippen LogP contribution in [0.5, 0.6) is 0 Å². The van der Waals surface area contributed by atoms with Gasteiger partial charge in [0.25, 0.3) is 0 Å². The molecular formula is C10H17N3. The van der Waals surface area contributed by atoms with Crippen LogP contribution in [0.2, 0.25) is 0 Å². The van der Waals surface area contributed by atoms with Gasteiger partial charge in [0.1, 0.15) is 5.82 Å². The third kappa shape index (κ3) is 1.37. The molecule has 0 fully saturated rings. The molecule has 0 spiro atoms. The zero-order valence-electron chi connectivity index (χ0n) is 8.38. The normalized spacial score (nSPS) is 18.4. The monoisotopic (exact) mass is 179 g/mol. The summed E-state index contributed by atoms with van der Waals surface area (Å²) in [6.45, 7) is 5.20. The van der Waals surface area contributed by atoms with Gasteiger partial charge in [0, 0.05) is 19.0 Å². The van der Waals surface area contributed by atoms with Crippen LogP contribution in [0.15, 0.2) is 0 Å². The van der Waals surface area contributed by atoms with E-state index in [9.17, 15) is 0 Å². The van der Waals surface area contributed by atoms with E-state index in [0.717, 1.165) is 18.7 Å². The van der Waals surface area contributed by atoms with Crippen molar-refractivity contribution in [2.75, 3.05) is 0 Å². The second-order valence-corrected chi connectivity index (χ2v) is 3.90. The first-order valence-corrected chi connectivity index (χ1v) is 5.01. The minimum atomic E-state index is 0.111. The second kappa shape index (κ2) is 3.14. The van der Waals surface area contributed by atoms with Gasteiger partial charge in [0.05, 0.1) is 11.4 Å². The van der Waals surface area contributed by atoms with E-state index >= 15 is 0 Å². The highest BCUT2D eigenvalue weighted by Crippen LogP contribution is 2.22. The minimum Gasteiger partial charge on any atom is -0.330 e. The largest absolute Gasteiger partial charge is 0.330 e. The highest BCUT2D eigenvalue weighted by Gasteiger charge is 2.18. The average molecular weight is 179 g/mol. The molecule has 0 amide bonds. The molecule has 1 unspecified atom stereocenters. The second-order valence-electron chi connectivity index (χ2n) is 3.90. The fraction of sp³-hybridized carbons (Fsp3) is 0.700. The molecule has 1 atom stereocenters. The molecule has 13 heavy (non-hydrogen) atoms. The van der Waals surface area contributed by atoms with Gasteiger partial charge in [-0.15, -0.1) is 0 Å². The maximum absolute atomic E-state index is 5.92. The molecule has 0 bridgehead atoms. The van der Waals surface area contributed by atoms with Crippen LogP contribution < -0.4 is 5.73 Å². The molecule has 0 saturated carbocycles. The Balaban J connectivity index is 2.48. The average Bonchev–Trinajstić information content (AvgIpc) is 2.39. The summed E-state index contributed by atoms with van der Waals surface area (Å²) in [5.41, 5.74) is 8.27. The van der Waals surface area contributed by atoms with E-state index < -0.39 is 0 Å². The van der Waals surface area contributed by atoms with Crippen LogP contribution in [0.4, 0.5) is 0 Å². The number of imidazole rings is 1. The zero-order valence-corrected chi connectivity index (χ0v) is 8.38. The van der Waals surface area contributed by atoms with E-state index in [1.54, 1.807) is 0 Å². The topological polar surface area (TPSA) is 43.8 Å². The van der Waals surface area contributed by atoms with Crippen LogP contribution in [0, 0.1) is 6.92 Å². The molecule has 1 aromatic rings. The van der Waals surface area contributed by atoms with Crippen molar-refractivity contribution in [1.29, 1.82) is 0 Å². The Bertz CT molecular complexity index is 312. The lowest BCUT2D eigenvalue weighted by atomic mass is 10.1. The van der Waals surface area contributed by atoms with Gasteiger partial charge in [-0.05, 0) is 26.7 Å². The molecule has 0 radical (unpaired) electrons. The highest BCUT2D eigenvalue weighted by atomic mass is 15.1. The van der Waals surface area contributed by atoms with Crippen LogP contribution in [-0.4, -0.2) is 9.55 Å². The summed E-state index contributed by atoms with van der Waals surface area (Å²) in [6, 6.07) is 0.111. The third-order valence-corrected chi connectivity index (χ3v) is 2.73. The minimum absolute atomic E-state index is 0.111. The van der Waals surface area contributed by atoms with Crippen molar-refractivity contribution in [2.24, 2.45) is 5.73 Å². The molecule has 0 aromatic carbocycles. The van der Waals surface area contributed by atoms with Crippen LogP contribution >= 0.6 is 0 Å². The van der Waals surface area contributed by atoms with E-state index in [-0.39, 0.29) is 6.04 Å². The molecule has 2 N–H and O–H groups in total. The first-order valence-electron chi connectivity index (χ1n) is 5.01. The molecule has 3 nitrogen and oxygen atoms in total. The van der Waals surface area contributed by atoms with Gasteiger partial charge in [-0.3, -0.25) is 0 Å². The maximum Gasteiger partial charge on any atom is 0.109 e. The molecule has 0 saturated heterocycles. The van der Waals surface area contributed by atoms with Gasteiger partial charge in [0.15, 0.2) is 0 Å². The van der Waals surface area contributed by atoms with Crippen molar-refractivity contribution in [2.45, 2.75) is 45.7 Å². The quantitative estimate of drug-likeness (QED) is 0.710. The van der Waals surface area contributed by atoms with E-state index in [2.05, 4.69) is 16.5 Å². The highest BCUT2D eigenvalue weighted by molar-refractivity contribution is 5.20. The van der Waals surface area contributed by atoms with Crippen molar-refractivity contribution in [3.05, 3.63) is 17.2 Å². The van der Waals surface area contributed by atoms with Crippen molar-refractivity contribution in [1.82, 2.24) is 9.55 Å². The summed E-state index contributed by atoms with van der Waals surface area (Å²) in [4.78, 5) is 4.56. The molecule has 1 aromatic heterocycles. The maximum atomic E-state index is 5.92. The van der Waals surface area contributed by atoms with Crippen LogP contribution in [0.1, 0.15) is 43.0 Å². The number of hydrogen-bond donors (Lipinski definition) is 1. The molecule has 72 valence electrons. The smallest absolute Gasteiger partial charge is 0.109 e. The summed E-state index contributed by atoms with van der Waals surface area (Å²) in [5, 5.41) is 0. The molecule has 1 aliphatic heterocycles. The van der Waals surface area contributed by atoms with Gasteiger partial charge in [-0.2, -0.15) is 0 Å². The van der Waals surface area contributed by atoms with Crippen LogP contribution in [0.3, 0.4) is 0 Å². The number of aryl methyl sites for hydroxylation is 2. The summed E-state index contributed by atoms with van der Waals surface area (Å²) < 4.78 is 2.31. The van der Waals surface area contributed by atoms with Gasteiger partial charge in [-0.1, -0.05) is 0 Å². The summed E-state index contributed by atoms with van der Waals surface area (Å²) in [6.07, 6.45) is 3.66. The summed E-state index contributed by atoms with van der Waals surface area (Å²) in [5.74, 6) is 1.23. The van der Waals surface area contributed by atoms with E-state index in [1.807, 2.05) is 6.92 Å². The Morgan fingerprint density at radius 1 is 1.46 bits per heavy atom. The Morgan fingerprint density at radius 2 is 2.23 bits per heavy atom. The van der Waals surface area contributed by atoms with E-state index in [0.29, 0.717) is 0 Å². The lowest BCUT2D eigenvalue weighted by molar-refractivity contribution is 0.498. The molecule has 2 heterocycles. The summed E-state index contributed by atoms with van der Waals surface area (Å²) >= 11 is 0. The van der Waals surface area contributed by atoms with Crippen LogP contribution in [-0.2, 0) is 13.0 Å². The fourth-order valence-corrected chi connectivity index (χ4v) is 2.21. The first kappa shape index (κ1) is 8.75. The number of fused-ring (bicyclic) bond motifs is 1. The van der Waals surface area contributed by atoms with Gasteiger partial charge in [0.2, 0.25) is 0 Å². The first-order chi connectivity index (χ1) is 6.20. The molecule has 2 rings (SSSR count). The Kier molecular flexibility index (Phi) is 2.12. The van der Waals surface area contributed by atoms with Crippen molar-refractivity contribution in [3.63, 3.8) is 0 Å². The fourth-order valence-electron chi connectivity index (χ4n) is 2.21. The SMILES string of the molecule is Cc1nc2n(c1C(C)N)CCCC2. The predicted octanol–water partition coefficient (Wildman–Crippen LogP) is 1.55. The van der Waals surface area contributed by atoms with E-state index in [4.69, 9.17) is 5.73 Å². The lowest BCUT2D eigenvalue weighted by Gasteiger charge is -2.18. The van der Waals surface area contributed by atoms with Gasteiger partial charge >= 0.3 is 0 Å². The Morgan fingerprint density at radius 3 is 2.92 bits per heavy atom. The zero-order chi connectivity index (χ0) is 9.42. The van der Waals surface area contributed by atoms with Gasteiger partial charge in [-0.25, -0.2) is 4.98 Å². The Hall–Kier alpha value is -0.830. The number of nitrogens with two attached hydrogens (primary N) is 1. The molecule has 1 aliphatic rings. The molecule has 3 heteroatoms. The number of rotatable bonds is 1. The number of nitrogens with zero attached hydrogens (tertiary/aromatic N) is 2. The molecular weight excluding hydrogens is 162 g/mol. The van der Waals surface area contributed by atoms with Gasteiger partial charge < -0.3 is 10.3 Å². The van der Waals surface area contributed by atoms with Crippen molar-refractivity contribution in [3.8, 4) is 0 Å². The number of hydrogen-bond acceptors (Lipinski definition) is 2. The Labute approximate surface area is 79.0 Å². The predicted molar refractivity (Wildman–Crippen MR) is 52.5 cm³/mol. The molecule has 0 aliphatic carbocycles. The summed E-state index contributed by atoms with van der Waals surface area (Å²) in [7, 11) is 0. The number of aromatic nitrogens is 2. The van der Waals surface area contributed by atoms with Crippen molar-refractivity contribution >= 4 is 0 Å². The standard InChI is InChI=1S/C10H17N3/c1-7(11)10-8(2)12-9-5-3-4-6-13(9)10/h7H,3-6,11H2,1-2H3. The van der Waals surface area contributed by atoms with Crippen LogP contribution in [0.25, 0.3) is 0 Å².